The Hall–Kier alpha value is -2.70. The number of imide groups is 1. The van der Waals surface area contributed by atoms with E-state index in [1.54, 1.807) is 19.1 Å². The Labute approximate surface area is 121 Å². The van der Waals surface area contributed by atoms with Crippen molar-refractivity contribution in [2.45, 2.75) is 19.9 Å². The van der Waals surface area contributed by atoms with Crippen LogP contribution in [0.2, 0.25) is 0 Å². The van der Waals surface area contributed by atoms with Gasteiger partial charge in [0.15, 0.2) is 0 Å². The van der Waals surface area contributed by atoms with Gasteiger partial charge in [-0.05, 0) is 31.2 Å². The summed E-state index contributed by atoms with van der Waals surface area (Å²) in [6.07, 6.45) is 0. The lowest BCUT2D eigenvalue weighted by Crippen LogP contribution is -2.58. The zero-order valence-corrected chi connectivity index (χ0v) is 11.7. The van der Waals surface area contributed by atoms with Crippen molar-refractivity contribution in [2.24, 2.45) is 0 Å². The zero-order valence-electron chi connectivity index (χ0n) is 11.7. The molecule has 1 atom stereocenters. The predicted octanol–water partition coefficient (Wildman–Crippen LogP) is 0.132. The average Bonchev–Trinajstić information content (AvgIpc) is 2.42. The fourth-order valence-electron chi connectivity index (χ4n) is 2.03. The molecule has 7 heteroatoms. The molecule has 4 amide bonds. The number of hydrogen-bond acceptors (Lipinski definition) is 4. The number of hydrogen-bond donors (Lipinski definition) is 2. The Balaban J connectivity index is 2.17. The average molecular weight is 289 g/mol. The van der Waals surface area contributed by atoms with E-state index >= 15 is 0 Å². The molecule has 0 aromatic heterocycles. The first-order valence-electron chi connectivity index (χ1n) is 6.41. The van der Waals surface area contributed by atoms with Gasteiger partial charge in [-0.3, -0.25) is 24.5 Å². The van der Waals surface area contributed by atoms with E-state index in [1.165, 1.54) is 24.0 Å². The topological polar surface area (TPSA) is 95.6 Å². The van der Waals surface area contributed by atoms with Crippen LogP contribution in [-0.4, -0.2) is 41.1 Å². The van der Waals surface area contributed by atoms with Gasteiger partial charge in [0.2, 0.25) is 17.7 Å². The second-order valence-electron chi connectivity index (χ2n) is 4.78. The maximum absolute atomic E-state index is 12.3. The number of carbonyl (C=O) groups is 4. The van der Waals surface area contributed by atoms with Crippen LogP contribution in [0, 0.1) is 0 Å². The van der Waals surface area contributed by atoms with Crippen molar-refractivity contribution in [1.82, 2.24) is 10.2 Å². The van der Waals surface area contributed by atoms with Crippen molar-refractivity contribution < 1.29 is 19.2 Å². The summed E-state index contributed by atoms with van der Waals surface area (Å²) in [4.78, 5) is 47.4. The molecule has 1 aromatic carbocycles. The van der Waals surface area contributed by atoms with E-state index in [1.807, 2.05) is 0 Å². The third-order valence-corrected chi connectivity index (χ3v) is 3.14. The van der Waals surface area contributed by atoms with Gasteiger partial charge in [-0.2, -0.15) is 0 Å². The second-order valence-corrected chi connectivity index (χ2v) is 4.78. The monoisotopic (exact) mass is 289 g/mol. The van der Waals surface area contributed by atoms with Crippen molar-refractivity contribution in [3.63, 3.8) is 0 Å². The Kier molecular flexibility index (Phi) is 4.02. The molecule has 110 valence electrons. The summed E-state index contributed by atoms with van der Waals surface area (Å²) in [7, 11) is 0. The summed E-state index contributed by atoms with van der Waals surface area (Å²) in [5.74, 6) is -1.60. The van der Waals surface area contributed by atoms with Gasteiger partial charge in [-0.15, -0.1) is 0 Å². The fourth-order valence-corrected chi connectivity index (χ4v) is 2.03. The molecular formula is C14H15N3O4. The molecule has 0 saturated carbocycles. The Bertz CT molecular complexity index is 609. The van der Waals surface area contributed by atoms with Gasteiger partial charge in [0.1, 0.15) is 12.6 Å². The number of benzene rings is 1. The molecule has 1 aliphatic heterocycles. The van der Waals surface area contributed by atoms with Crippen LogP contribution in [-0.2, 0) is 14.4 Å². The predicted molar refractivity (Wildman–Crippen MR) is 74.4 cm³/mol. The fraction of sp³-hybridized carbons (Fsp3) is 0.286. The third-order valence-electron chi connectivity index (χ3n) is 3.14. The highest BCUT2D eigenvalue weighted by atomic mass is 16.2. The molecule has 2 rings (SSSR count). The number of rotatable bonds is 2. The largest absolute Gasteiger partial charge is 0.326 e. The van der Waals surface area contributed by atoms with E-state index in [9.17, 15) is 19.2 Å². The summed E-state index contributed by atoms with van der Waals surface area (Å²) >= 11 is 0. The first-order valence-corrected chi connectivity index (χ1v) is 6.41. The molecule has 7 nitrogen and oxygen atoms in total. The molecular weight excluding hydrogens is 274 g/mol. The van der Waals surface area contributed by atoms with Gasteiger partial charge >= 0.3 is 0 Å². The number of nitrogens with zero attached hydrogens (tertiary/aromatic N) is 1. The first-order chi connectivity index (χ1) is 9.88. The Morgan fingerprint density at radius 2 is 1.86 bits per heavy atom. The van der Waals surface area contributed by atoms with Crippen molar-refractivity contribution >= 4 is 29.3 Å². The molecule has 2 N–H and O–H groups in total. The van der Waals surface area contributed by atoms with E-state index in [2.05, 4.69) is 10.6 Å². The Morgan fingerprint density at radius 1 is 1.24 bits per heavy atom. The van der Waals surface area contributed by atoms with E-state index in [4.69, 9.17) is 0 Å². The molecule has 1 aliphatic rings. The van der Waals surface area contributed by atoms with E-state index in [0.717, 1.165) is 0 Å². The van der Waals surface area contributed by atoms with Gasteiger partial charge < -0.3 is 10.2 Å². The summed E-state index contributed by atoms with van der Waals surface area (Å²) in [5.41, 5.74) is 0.915. The molecule has 0 aliphatic carbocycles. The number of piperazine rings is 1. The summed E-state index contributed by atoms with van der Waals surface area (Å²) in [6.45, 7) is 2.79. The van der Waals surface area contributed by atoms with Gasteiger partial charge in [-0.1, -0.05) is 0 Å². The van der Waals surface area contributed by atoms with E-state index in [-0.39, 0.29) is 12.5 Å². The molecule has 0 spiro atoms. The van der Waals surface area contributed by atoms with Crippen LogP contribution in [0.15, 0.2) is 24.3 Å². The van der Waals surface area contributed by atoms with Crippen molar-refractivity contribution in [2.75, 3.05) is 11.9 Å². The Morgan fingerprint density at radius 3 is 2.43 bits per heavy atom. The molecule has 1 heterocycles. The lowest BCUT2D eigenvalue weighted by Gasteiger charge is -2.31. The van der Waals surface area contributed by atoms with Crippen molar-refractivity contribution in [1.29, 1.82) is 0 Å². The first kappa shape index (κ1) is 14.7. The van der Waals surface area contributed by atoms with Gasteiger partial charge in [0, 0.05) is 18.2 Å². The maximum Gasteiger partial charge on any atom is 0.254 e. The molecule has 1 fully saturated rings. The lowest BCUT2D eigenvalue weighted by molar-refractivity contribution is -0.138. The molecule has 0 radical (unpaired) electrons. The third kappa shape index (κ3) is 3.25. The van der Waals surface area contributed by atoms with Gasteiger partial charge in [-0.25, -0.2) is 0 Å². The summed E-state index contributed by atoms with van der Waals surface area (Å²) < 4.78 is 0. The van der Waals surface area contributed by atoms with E-state index in [0.29, 0.717) is 11.3 Å². The van der Waals surface area contributed by atoms with Crippen molar-refractivity contribution in [3.8, 4) is 0 Å². The number of anilines is 1. The number of carbonyl (C=O) groups excluding carboxylic acids is 4. The van der Waals surface area contributed by atoms with Crippen LogP contribution < -0.4 is 10.6 Å². The van der Waals surface area contributed by atoms with Crippen LogP contribution in [0.25, 0.3) is 0 Å². The zero-order chi connectivity index (χ0) is 15.6. The minimum Gasteiger partial charge on any atom is -0.326 e. The number of amides is 4. The highest BCUT2D eigenvalue weighted by Crippen LogP contribution is 2.14. The summed E-state index contributed by atoms with van der Waals surface area (Å²) in [5, 5.41) is 4.77. The minimum atomic E-state index is -0.703. The molecule has 21 heavy (non-hydrogen) atoms. The minimum absolute atomic E-state index is 0.154. The molecule has 0 bridgehead atoms. The second kappa shape index (κ2) is 5.74. The van der Waals surface area contributed by atoms with Crippen molar-refractivity contribution in [3.05, 3.63) is 29.8 Å². The van der Waals surface area contributed by atoms with Crippen LogP contribution in [0.1, 0.15) is 24.2 Å². The smallest absolute Gasteiger partial charge is 0.254 e. The van der Waals surface area contributed by atoms with Crippen LogP contribution in [0.5, 0.6) is 0 Å². The quantitative estimate of drug-likeness (QED) is 0.757. The van der Waals surface area contributed by atoms with Crippen LogP contribution in [0.3, 0.4) is 0 Å². The highest BCUT2D eigenvalue weighted by Gasteiger charge is 2.33. The van der Waals surface area contributed by atoms with Gasteiger partial charge in [0.25, 0.3) is 5.91 Å². The molecule has 1 aromatic rings. The molecule has 1 unspecified atom stereocenters. The van der Waals surface area contributed by atoms with Crippen LogP contribution in [0.4, 0.5) is 5.69 Å². The maximum atomic E-state index is 12.3. The highest BCUT2D eigenvalue weighted by molar-refractivity contribution is 6.07. The summed E-state index contributed by atoms with van der Waals surface area (Å²) in [6, 6.07) is 5.55. The SMILES string of the molecule is CC(=O)Nc1ccc(C(=O)N2CC(=O)NC(=O)C2C)cc1. The van der Waals surface area contributed by atoms with Crippen LogP contribution >= 0.6 is 0 Å². The van der Waals surface area contributed by atoms with E-state index < -0.39 is 23.8 Å². The number of nitrogens with one attached hydrogen (secondary N) is 2. The lowest BCUT2D eigenvalue weighted by atomic mass is 10.1. The van der Waals surface area contributed by atoms with Gasteiger partial charge in [0.05, 0.1) is 0 Å². The standard InChI is InChI=1S/C14H15N3O4/c1-8-13(20)16-12(19)7-17(8)14(21)10-3-5-11(6-4-10)15-9(2)18/h3-6,8H,7H2,1-2H3,(H,15,18)(H,16,19,20). The molecule has 1 saturated heterocycles. The normalized spacial score (nSPS) is 18.2.